The van der Waals surface area contributed by atoms with E-state index in [0.29, 0.717) is 12.2 Å². The first-order valence-electron chi connectivity index (χ1n) is 14.6. The quantitative estimate of drug-likeness (QED) is 0.398. The van der Waals surface area contributed by atoms with E-state index >= 15 is 0 Å². The zero-order valence-corrected chi connectivity index (χ0v) is 25.6. The molecule has 2 aliphatic rings. The van der Waals surface area contributed by atoms with Gasteiger partial charge in [-0.05, 0) is 48.1 Å². The number of carbonyl (C=O) groups excluding carboxylic acids is 1. The minimum atomic E-state index is -4.66. The molecular weight excluding hydrogens is 599 g/mol. The van der Waals surface area contributed by atoms with Gasteiger partial charge in [0.1, 0.15) is 11.8 Å². The van der Waals surface area contributed by atoms with Gasteiger partial charge in [-0.1, -0.05) is 48.6 Å². The van der Waals surface area contributed by atoms with Crippen molar-refractivity contribution in [1.29, 1.82) is 0 Å². The molecule has 1 amide bonds. The van der Waals surface area contributed by atoms with E-state index in [-0.39, 0.29) is 44.6 Å². The van der Waals surface area contributed by atoms with E-state index in [0.717, 1.165) is 28.0 Å². The first-order chi connectivity index (χ1) is 20.9. The minimum absolute atomic E-state index is 0.0216. The van der Waals surface area contributed by atoms with E-state index in [9.17, 15) is 31.5 Å². The maximum Gasteiger partial charge on any atom is 0.390 e. The van der Waals surface area contributed by atoms with Crippen molar-refractivity contribution in [2.45, 2.75) is 68.6 Å². The van der Waals surface area contributed by atoms with E-state index in [1.807, 2.05) is 48.5 Å². The van der Waals surface area contributed by atoms with Gasteiger partial charge in [-0.3, -0.25) is 4.79 Å². The third-order valence-electron chi connectivity index (χ3n) is 8.12. The van der Waals surface area contributed by atoms with Crippen LogP contribution < -0.4 is 15.4 Å². The number of aliphatic hydroxyl groups is 1. The Morgan fingerprint density at radius 2 is 1.89 bits per heavy atom. The number of ether oxygens (including phenoxy) is 2. The van der Waals surface area contributed by atoms with Gasteiger partial charge in [-0.2, -0.15) is 17.5 Å². The molecule has 0 radical (unpaired) electrons. The predicted molar refractivity (Wildman–Crippen MR) is 160 cm³/mol. The number of likely N-dealkylation sites (N-methyl/N-ethyl adjacent to an activating group) is 1. The molecule has 0 saturated carbocycles. The lowest BCUT2D eigenvalue weighted by Gasteiger charge is -2.31. The maximum absolute atomic E-state index is 13.7. The molecule has 0 fully saturated rings. The van der Waals surface area contributed by atoms with Gasteiger partial charge in [0.25, 0.3) is 0 Å². The Morgan fingerprint density at radius 1 is 1.14 bits per heavy atom. The van der Waals surface area contributed by atoms with Crippen molar-refractivity contribution in [3.63, 3.8) is 0 Å². The number of hydrogen-bond donors (Lipinski definition) is 3. The standard InChI is InChI=1S/C31H40F3N3O6S/c1-37(44(40,41)16-14-31(32,33)34)26-11-7-4-8-15-43-28-18-22-12-13-23(42-2)19-24(22)29(28)35-20-27(38)25(36-30(26)39)17-21-9-5-3-6-10-21/h3-6,8-10,12-13,19,25-29,35,38H,7,11,14-18,20H2,1-2H3,(H,36,39)/t25-,26-,27+,28+,29+/m0/s1. The monoisotopic (exact) mass is 639 g/mol. The van der Waals surface area contributed by atoms with Crippen molar-refractivity contribution in [1.82, 2.24) is 14.9 Å². The average Bonchev–Trinajstić information content (AvgIpc) is 3.33. The molecule has 2 aromatic carbocycles. The van der Waals surface area contributed by atoms with Crippen molar-refractivity contribution < 1.29 is 41.0 Å². The van der Waals surface area contributed by atoms with Crippen LogP contribution in [0.25, 0.3) is 0 Å². The molecule has 5 atom stereocenters. The number of benzene rings is 2. The van der Waals surface area contributed by atoms with E-state index in [2.05, 4.69) is 10.6 Å². The number of allylic oxidation sites excluding steroid dienone is 1. The molecule has 0 unspecified atom stereocenters. The SMILES string of the molecule is COc1ccc2c(c1)[C@H]1NC[C@@H](O)[C@H](Cc3ccccc3)NC(=O)[C@@H](N(C)S(=O)(=O)CCC(F)(F)F)CCC=CCO[C@@H]1C2. The summed E-state index contributed by atoms with van der Waals surface area (Å²) in [4.78, 5) is 13.7. The lowest BCUT2D eigenvalue weighted by atomic mass is 9.99. The van der Waals surface area contributed by atoms with Crippen LogP contribution in [0.2, 0.25) is 0 Å². The number of hydrogen-bond acceptors (Lipinski definition) is 7. The summed E-state index contributed by atoms with van der Waals surface area (Å²) in [5.74, 6) is -1.18. The second kappa shape index (κ2) is 14.9. The number of rotatable bonds is 7. The van der Waals surface area contributed by atoms with Crippen LogP contribution in [-0.2, 0) is 32.4 Å². The molecule has 1 aliphatic heterocycles. The highest BCUT2D eigenvalue weighted by molar-refractivity contribution is 7.89. The van der Waals surface area contributed by atoms with Crippen LogP contribution in [-0.4, -0.2) is 87.3 Å². The normalized spacial score (nSPS) is 25.4. The molecule has 13 heteroatoms. The van der Waals surface area contributed by atoms with E-state index < -0.39 is 52.5 Å². The fourth-order valence-electron chi connectivity index (χ4n) is 5.61. The first-order valence-corrected chi connectivity index (χ1v) is 16.2. The van der Waals surface area contributed by atoms with Crippen molar-refractivity contribution in [3.8, 4) is 5.75 Å². The Balaban J connectivity index is 1.61. The summed E-state index contributed by atoms with van der Waals surface area (Å²) >= 11 is 0. The third-order valence-corrected chi connectivity index (χ3v) is 9.97. The number of methoxy groups -OCH3 is 1. The molecule has 3 N–H and O–H groups in total. The average molecular weight is 640 g/mol. The van der Waals surface area contributed by atoms with Gasteiger partial charge < -0.3 is 25.2 Å². The summed E-state index contributed by atoms with van der Waals surface area (Å²) in [6, 6.07) is 12.6. The second-order valence-corrected chi connectivity index (χ2v) is 13.3. The summed E-state index contributed by atoms with van der Waals surface area (Å²) in [7, 11) is -1.72. The number of nitrogens with one attached hydrogen (secondary N) is 2. The van der Waals surface area contributed by atoms with Crippen LogP contribution in [0.4, 0.5) is 13.2 Å². The van der Waals surface area contributed by atoms with Gasteiger partial charge in [0.2, 0.25) is 15.9 Å². The number of β-amino-alcohol motifs (C(OH)–C–C–N with tert-alkyl or cyclic N) is 1. The Kier molecular flexibility index (Phi) is 11.5. The van der Waals surface area contributed by atoms with Crippen LogP contribution in [0.3, 0.4) is 0 Å². The molecule has 0 aromatic heterocycles. The number of alkyl halides is 3. The summed E-state index contributed by atoms with van der Waals surface area (Å²) in [5, 5.41) is 17.7. The van der Waals surface area contributed by atoms with Crippen LogP contribution in [0.5, 0.6) is 5.75 Å². The second-order valence-electron chi connectivity index (χ2n) is 11.2. The Hall–Kier alpha value is -2.97. The van der Waals surface area contributed by atoms with Crippen LogP contribution in [0, 0.1) is 0 Å². The molecule has 0 bridgehead atoms. The Bertz CT molecular complexity index is 1390. The number of aliphatic hydroxyl groups excluding tert-OH is 1. The molecule has 9 nitrogen and oxygen atoms in total. The van der Waals surface area contributed by atoms with Crippen molar-refractivity contribution in [2.24, 2.45) is 0 Å². The van der Waals surface area contributed by atoms with Gasteiger partial charge >= 0.3 is 6.18 Å². The summed E-state index contributed by atoms with van der Waals surface area (Å²) in [6.45, 7) is 0.322. The number of nitrogens with zero attached hydrogens (tertiary/aromatic N) is 1. The fourth-order valence-corrected chi connectivity index (χ4v) is 6.97. The summed E-state index contributed by atoms with van der Waals surface area (Å²) in [6.07, 6.45) is -2.81. The lowest BCUT2D eigenvalue weighted by Crippen LogP contribution is -2.55. The molecule has 2 aromatic rings. The predicted octanol–water partition coefficient (Wildman–Crippen LogP) is 3.29. The minimum Gasteiger partial charge on any atom is -0.497 e. The van der Waals surface area contributed by atoms with Gasteiger partial charge in [0.15, 0.2) is 0 Å². The topological polar surface area (TPSA) is 117 Å². The van der Waals surface area contributed by atoms with Crippen molar-refractivity contribution in [3.05, 3.63) is 77.4 Å². The highest BCUT2D eigenvalue weighted by Gasteiger charge is 2.38. The number of carbonyl (C=O) groups is 1. The molecule has 4 rings (SSSR count). The molecule has 1 heterocycles. The Labute approximate surface area is 256 Å². The summed E-state index contributed by atoms with van der Waals surface area (Å²) < 4.78 is 76.7. The summed E-state index contributed by atoms with van der Waals surface area (Å²) in [5.41, 5.74) is 2.92. The molecular formula is C31H40F3N3O6S. The lowest BCUT2D eigenvalue weighted by molar-refractivity contribution is -0.130. The number of amides is 1. The van der Waals surface area contributed by atoms with Crippen molar-refractivity contribution in [2.75, 3.05) is 33.1 Å². The first kappa shape index (κ1) is 33.9. The molecule has 1 aliphatic carbocycles. The third kappa shape index (κ3) is 9.04. The highest BCUT2D eigenvalue weighted by atomic mass is 32.2. The van der Waals surface area contributed by atoms with Crippen LogP contribution >= 0.6 is 0 Å². The molecule has 0 spiro atoms. The maximum atomic E-state index is 13.7. The van der Waals surface area contributed by atoms with E-state index in [4.69, 9.17) is 9.47 Å². The molecule has 0 saturated heterocycles. The number of sulfonamides is 1. The van der Waals surface area contributed by atoms with Gasteiger partial charge in [-0.25, -0.2) is 8.42 Å². The van der Waals surface area contributed by atoms with E-state index in [1.165, 1.54) is 0 Å². The van der Waals surface area contributed by atoms with Crippen molar-refractivity contribution >= 4 is 15.9 Å². The van der Waals surface area contributed by atoms with Crippen LogP contribution in [0.15, 0.2) is 60.7 Å². The highest BCUT2D eigenvalue weighted by Crippen LogP contribution is 2.36. The number of halogens is 3. The largest absolute Gasteiger partial charge is 0.497 e. The van der Waals surface area contributed by atoms with Crippen LogP contribution in [0.1, 0.15) is 42.0 Å². The number of fused-ring (bicyclic) bond motifs is 3. The zero-order chi connectivity index (χ0) is 31.9. The van der Waals surface area contributed by atoms with Gasteiger partial charge in [-0.15, -0.1) is 0 Å². The zero-order valence-electron chi connectivity index (χ0n) is 24.8. The molecule has 44 heavy (non-hydrogen) atoms. The fraction of sp³-hybridized carbons (Fsp3) is 0.516. The van der Waals surface area contributed by atoms with Gasteiger partial charge in [0, 0.05) is 20.0 Å². The van der Waals surface area contributed by atoms with Gasteiger partial charge in [0.05, 0.1) is 50.2 Å². The smallest absolute Gasteiger partial charge is 0.390 e. The Morgan fingerprint density at radius 3 is 2.59 bits per heavy atom. The molecule has 242 valence electrons. The van der Waals surface area contributed by atoms with E-state index in [1.54, 1.807) is 19.3 Å².